The molecule has 110 valence electrons. The number of likely N-dealkylation sites (N-methyl/N-ethyl adjacent to an activating group) is 1. The summed E-state index contributed by atoms with van der Waals surface area (Å²) in [5.41, 5.74) is 1.33. The fourth-order valence-corrected chi connectivity index (χ4v) is 3.02. The van der Waals surface area contributed by atoms with Crippen molar-refractivity contribution in [2.24, 2.45) is 0 Å². The number of amides is 1. The molecule has 2 N–H and O–H groups in total. The highest BCUT2D eigenvalue weighted by Crippen LogP contribution is 2.24. The molecule has 1 rings (SSSR count). The van der Waals surface area contributed by atoms with Crippen LogP contribution in [-0.4, -0.2) is 25.5 Å². The van der Waals surface area contributed by atoms with Crippen LogP contribution in [0.5, 0.6) is 0 Å². The van der Waals surface area contributed by atoms with Gasteiger partial charge in [-0.25, -0.2) is 0 Å². The molecule has 0 aliphatic heterocycles. The van der Waals surface area contributed by atoms with Gasteiger partial charge in [0.2, 0.25) is 0 Å². The van der Waals surface area contributed by atoms with Crippen LogP contribution in [0, 0.1) is 0 Å². The van der Waals surface area contributed by atoms with Gasteiger partial charge in [0.25, 0.3) is 5.91 Å². The Kier molecular flexibility index (Phi) is 9.06. The lowest BCUT2D eigenvalue weighted by Crippen LogP contribution is -2.36. The van der Waals surface area contributed by atoms with Crippen LogP contribution in [0.15, 0.2) is 6.07 Å². The Labute approximate surface area is 126 Å². The maximum Gasteiger partial charge on any atom is 0.261 e. The monoisotopic (exact) mass is 304 g/mol. The predicted octanol–water partition coefficient (Wildman–Crippen LogP) is 3.02. The molecule has 0 aliphatic rings. The third kappa shape index (κ3) is 5.51. The first-order chi connectivity index (χ1) is 8.62. The van der Waals surface area contributed by atoms with Gasteiger partial charge < -0.3 is 10.6 Å². The molecule has 1 atom stereocenters. The maximum absolute atomic E-state index is 12.0. The zero-order valence-corrected chi connectivity index (χ0v) is 13.8. The lowest BCUT2D eigenvalue weighted by atomic mass is 10.1. The molecular formula is C14H25ClN2OS. The Hall–Kier alpha value is -0.580. The first kappa shape index (κ1) is 18.4. The van der Waals surface area contributed by atoms with Crippen molar-refractivity contribution in [3.05, 3.63) is 21.4 Å². The number of carbonyl (C=O) groups excluding carboxylic acids is 1. The van der Waals surface area contributed by atoms with Gasteiger partial charge in [0.15, 0.2) is 0 Å². The number of hydrogen-bond acceptors (Lipinski definition) is 3. The molecule has 0 fully saturated rings. The number of aryl methyl sites for hydroxylation is 2. The van der Waals surface area contributed by atoms with Crippen molar-refractivity contribution in [2.45, 2.75) is 46.1 Å². The van der Waals surface area contributed by atoms with E-state index >= 15 is 0 Å². The van der Waals surface area contributed by atoms with Gasteiger partial charge in [0.1, 0.15) is 0 Å². The van der Waals surface area contributed by atoms with E-state index in [1.165, 1.54) is 10.4 Å². The number of nitrogens with one attached hydrogen (secondary N) is 2. The summed E-state index contributed by atoms with van der Waals surface area (Å²) >= 11 is 1.64. The zero-order valence-electron chi connectivity index (χ0n) is 12.2. The number of carbonyl (C=O) groups is 1. The lowest BCUT2D eigenvalue weighted by molar-refractivity contribution is 0.0954. The molecule has 5 heteroatoms. The van der Waals surface area contributed by atoms with E-state index in [0.29, 0.717) is 12.6 Å². The summed E-state index contributed by atoms with van der Waals surface area (Å²) in [6.45, 7) is 7.03. The molecule has 1 heterocycles. The second kappa shape index (κ2) is 9.34. The van der Waals surface area contributed by atoms with Crippen molar-refractivity contribution in [1.29, 1.82) is 0 Å². The van der Waals surface area contributed by atoms with Crippen LogP contribution >= 0.6 is 23.7 Å². The van der Waals surface area contributed by atoms with Gasteiger partial charge >= 0.3 is 0 Å². The van der Waals surface area contributed by atoms with Crippen LogP contribution < -0.4 is 10.6 Å². The van der Waals surface area contributed by atoms with Gasteiger partial charge in [-0.05, 0) is 38.4 Å². The standard InChI is InChI=1S/C14H24N2OS.ClH/c1-5-7-12-11(6-2)8-13(18-12)14(17)16-9-10(3)15-4;/h8,10,15H,5-7,9H2,1-4H3,(H,16,17);1H. The van der Waals surface area contributed by atoms with Crippen LogP contribution in [0.3, 0.4) is 0 Å². The van der Waals surface area contributed by atoms with Crippen molar-refractivity contribution in [1.82, 2.24) is 10.6 Å². The molecule has 1 unspecified atom stereocenters. The van der Waals surface area contributed by atoms with Crippen LogP contribution in [-0.2, 0) is 12.8 Å². The van der Waals surface area contributed by atoms with Gasteiger partial charge in [0.05, 0.1) is 4.88 Å². The molecule has 1 amide bonds. The van der Waals surface area contributed by atoms with Crippen LogP contribution in [0.1, 0.15) is 47.3 Å². The van der Waals surface area contributed by atoms with Crippen LogP contribution in [0.2, 0.25) is 0 Å². The molecule has 0 saturated heterocycles. The SMILES string of the molecule is CCCc1sc(C(=O)NCC(C)NC)cc1CC.Cl. The fourth-order valence-electron chi connectivity index (χ4n) is 1.75. The zero-order chi connectivity index (χ0) is 13.5. The highest BCUT2D eigenvalue weighted by Gasteiger charge is 2.13. The molecule has 0 spiro atoms. The topological polar surface area (TPSA) is 41.1 Å². The van der Waals surface area contributed by atoms with E-state index < -0.39 is 0 Å². The summed E-state index contributed by atoms with van der Waals surface area (Å²) < 4.78 is 0. The van der Waals surface area contributed by atoms with E-state index in [2.05, 4.69) is 37.5 Å². The minimum atomic E-state index is 0. The first-order valence-corrected chi connectivity index (χ1v) is 7.51. The number of rotatable bonds is 7. The molecule has 1 aromatic rings. The molecule has 1 aromatic heterocycles. The second-order valence-electron chi connectivity index (χ2n) is 4.56. The van der Waals surface area contributed by atoms with Gasteiger partial charge in [-0.3, -0.25) is 4.79 Å². The molecular weight excluding hydrogens is 280 g/mol. The quantitative estimate of drug-likeness (QED) is 0.813. The maximum atomic E-state index is 12.0. The summed E-state index contributed by atoms with van der Waals surface area (Å²) in [6.07, 6.45) is 3.21. The van der Waals surface area contributed by atoms with E-state index in [1.54, 1.807) is 11.3 Å². The minimum Gasteiger partial charge on any atom is -0.350 e. The Morgan fingerprint density at radius 2 is 2.11 bits per heavy atom. The van der Waals surface area contributed by atoms with Gasteiger partial charge in [-0.1, -0.05) is 20.3 Å². The van der Waals surface area contributed by atoms with Crippen molar-refractivity contribution in [3.8, 4) is 0 Å². The van der Waals surface area contributed by atoms with Crippen molar-refractivity contribution >= 4 is 29.7 Å². The summed E-state index contributed by atoms with van der Waals surface area (Å²) in [6, 6.07) is 2.35. The van der Waals surface area contributed by atoms with Crippen LogP contribution in [0.25, 0.3) is 0 Å². The van der Waals surface area contributed by atoms with Gasteiger partial charge in [0, 0.05) is 17.5 Å². The molecule has 3 nitrogen and oxygen atoms in total. The third-order valence-corrected chi connectivity index (χ3v) is 4.28. The molecule has 0 bridgehead atoms. The lowest BCUT2D eigenvalue weighted by Gasteiger charge is -2.10. The van der Waals surface area contributed by atoms with E-state index in [-0.39, 0.29) is 18.3 Å². The third-order valence-electron chi connectivity index (χ3n) is 3.04. The van der Waals surface area contributed by atoms with E-state index in [9.17, 15) is 4.79 Å². The average Bonchev–Trinajstić information content (AvgIpc) is 2.79. The Bertz CT molecular complexity index is 393. The van der Waals surface area contributed by atoms with Crippen molar-refractivity contribution in [2.75, 3.05) is 13.6 Å². The molecule has 0 aliphatic carbocycles. The number of hydrogen-bond donors (Lipinski definition) is 2. The van der Waals surface area contributed by atoms with Crippen molar-refractivity contribution in [3.63, 3.8) is 0 Å². The summed E-state index contributed by atoms with van der Waals surface area (Å²) in [7, 11) is 1.90. The predicted molar refractivity (Wildman–Crippen MR) is 85.8 cm³/mol. The van der Waals surface area contributed by atoms with E-state index in [4.69, 9.17) is 0 Å². The van der Waals surface area contributed by atoms with Gasteiger partial charge in [-0.15, -0.1) is 23.7 Å². The summed E-state index contributed by atoms with van der Waals surface area (Å²) in [5, 5.41) is 6.07. The largest absolute Gasteiger partial charge is 0.350 e. The van der Waals surface area contributed by atoms with Crippen molar-refractivity contribution < 1.29 is 4.79 Å². The van der Waals surface area contributed by atoms with Crippen LogP contribution in [0.4, 0.5) is 0 Å². The fraction of sp³-hybridized carbons (Fsp3) is 0.643. The average molecular weight is 305 g/mol. The minimum absolute atomic E-state index is 0. The molecule has 0 radical (unpaired) electrons. The highest BCUT2D eigenvalue weighted by atomic mass is 35.5. The summed E-state index contributed by atoms with van der Waals surface area (Å²) in [5.74, 6) is 0.0548. The van der Waals surface area contributed by atoms with Gasteiger partial charge in [-0.2, -0.15) is 0 Å². The Morgan fingerprint density at radius 3 is 2.63 bits per heavy atom. The highest BCUT2D eigenvalue weighted by molar-refractivity contribution is 7.14. The molecule has 0 aromatic carbocycles. The smallest absolute Gasteiger partial charge is 0.261 e. The number of thiophene rings is 1. The number of halogens is 1. The Balaban J connectivity index is 0.00000324. The normalized spacial score (nSPS) is 11.8. The Morgan fingerprint density at radius 1 is 1.42 bits per heavy atom. The van der Waals surface area contributed by atoms with E-state index in [1.807, 2.05) is 7.05 Å². The first-order valence-electron chi connectivity index (χ1n) is 6.69. The molecule has 0 saturated carbocycles. The summed E-state index contributed by atoms with van der Waals surface area (Å²) in [4.78, 5) is 14.2. The molecule has 19 heavy (non-hydrogen) atoms. The van der Waals surface area contributed by atoms with E-state index in [0.717, 1.165) is 24.1 Å². The second-order valence-corrected chi connectivity index (χ2v) is 5.70.